The van der Waals surface area contributed by atoms with E-state index in [-0.39, 0.29) is 28.4 Å². The quantitative estimate of drug-likeness (QED) is 0.245. The summed E-state index contributed by atoms with van der Waals surface area (Å²) in [6, 6.07) is 10.6. The first-order valence-electron chi connectivity index (χ1n) is 10.9. The highest BCUT2D eigenvalue weighted by Crippen LogP contribution is 2.40. The fourth-order valence-electron chi connectivity index (χ4n) is 4.08. The van der Waals surface area contributed by atoms with Crippen LogP contribution in [-0.2, 0) is 23.6 Å². The smallest absolute Gasteiger partial charge is 0.416 e. The van der Waals surface area contributed by atoms with Gasteiger partial charge in [0, 0.05) is 16.8 Å². The zero-order chi connectivity index (χ0) is 28.7. The van der Waals surface area contributed by atoms with Crippen LogP contribution < -0.4 is 9.47 Å². The maximum atomic E-state index is 13.2. The summed E-state index contributed by atoms with van der Waals surface area (Å²) < 4.78 is 91.2. The number of benzene rings is 3. The first-order valence-corrected chi connectivity index (χ1v) is 10.9. The maximum Gasteiger partial charge on any atom is 0.416 e. The summed E-state index contributed by atoms with van der Waals surface area (Å²) in [5.41, 5.74) is -3.13. The Bertz CT molecular complexity index is 1540. The molecule has 0 fully saturated rings. The Morgan fingerprint density at radius 1 is 0.795 bits per heavy atom. The second-order valence-electron chi connectivity index (χ2n) is 8.25. The number of halogens is 6. The van der Waals surface area contributed by atoms with E-state index in [0.717, 1.165) is 6.07 Å². The number of alkyl halides is 6. The number of carboxylic acid groups (broad SMARTS) is 2. The van der Waals surface area contributed by atoms with Gasteiger partial charge < -0.3 is 24.3 Å². The third-order valence-electron chi connectivity index (χ3n) is 5.70. The number of nitrogens with zero attached hydrogens (tertiary/aromatic N) is 1. The van der Waals surface area contributed by atoms with Crippen molar-refractivity contribution >= 4 is 22.8 Å². The predicted octanol–water partition coefficient (Wildman–Crippen LogP) is 6.79. The lowest BCUT2D eigenvalue weighted by Gasteiger charge is -2.15. The summed E-state index contributed by atoms with van der Waals surface area (Å²) in [7, 11) is 1.43. The number of aromatic carboxylic acids is 1. The van der Waals surface area contributed by atoms with Crippen molar-refractivity contribution in [3.63, 3.8) is 0 Å². The molecule has 4 aromatic rings. The van der Waals surface area contributed by atoms with E-state index in [2.05, 4.69) is 0 Å². The van der Waals surface area contributed by atoms with Crippen molar-refractivity contribution in [2.75, 3.05) is 7.11 Å². The average Bonchev–Trinajstić information content (AvgIpc) is 3.15. The van der Waals surface area contributed by atoms with Gasteiger partial charge in [-0.25, -0.2) is 4.79 Å². The van der Waals surface area contributed by atoms with Crippen LogP contribution >= 0.6 is 0 Å². The summed E-state index contributed by atoms with van der Waals surface area (Å²) in [6.45, 7) is 0. The summed E-state index contributed by atoms with van der Waals surface area (Å²) in [5, 5.41) is 19.3. The molecule has 1 heterocycles. The number of hydrogen-bond acceptors (Lipinski definition) is 4. The molecule has 0 radical (unpaired) electrons. The maximum absolute atomic E-state index is 13.2. The van der Waals surface area contributed by atoms with Gasteiger partial charge in [-0.15, -0.1) is 0 Å². The van der Waals surface area contributed by atoms with Crippen molar-refractivity contribution < 1.29 is 55.6 Å². The van der Waals surface area contributed by atoms with Gasteiger partial charge in [0.1, 0.15) is 17.2 Å². The number of aliphatic carboxylic acids is 1. The number of carboxylic acids is 2. The molecule has 4 rings (SSSR count). The summed E-state index contributed by atoms with van der Waals surface area (Å²) in [5.74, 6) is -3.42. The number of rotatable bonds is 7. The molecule has 1 aromatic heterocycles. The molecule has 204 valence electrons. The molecular formula is C26H17F6NO6. The van der Waals surface area contributed by atoms with E-state index in [0.29, 0.717) is 23.6 Å². The molecule has 3 aromatic carbocycles. The molecule has 0 saturated heterocycles. The monoisotopic (exact) mass is 553 g/mol. The van der Waals surface area contributed by atoms with Crippen molar-refractivity contribution in [2.45, 2.75) is 18.8 Å². The molecule has 13 heteroatoms. The molecule has 0 amide bonds. The molecule has 0 spiro atoms. The van der Waals surface area contributed by atoms with Gasteiger partial charge in [-0.1, -0.05) is 0 Å². The molecule has 0 saturated carbocycles. The van der Waals surface area contributed by atoms with E-state index in [9.17, 15) is 46.1 Å². The van der Waals surface area contributed by atoms with Gasteiger partial charge >= 0.3 is 24.3 Å². The van der Waals surface area contributed by atoms with Crippen molar-refractivity contribution in [3.05, 3.63) is 83.0 Å². The van der Waals surface area contributed by atoms with Crippen LogP contribution in [-0.4, -0.2) is 33.8 Å². The van der Waals surface area contributed by atoms with Crippen LogP contribution in [0.2, 0.25) is 0 Å². The molecule has 0 bridgehead atoms. The average molecular weight is 553 g/mol. The minimum Gasteiger partial charge on any atom is -0.497 e. The fraction of sp³-hybridized carbons (Fsp3) is 0.154. The summed E-state index contributed by atoms with van der Waals surface area (Å²) in [6.07, 6.45) is -10.9. The lowest BCUT2D eigenvalue weighted by Crippen LogP contribution is -2.11. The van der Waals surface area contributed by atoms with E-state index in [1.807, 2.05) is 0 Å². The lowest BCUT2D eigenvalue weighted by molar-refractivity contribution is -0.143. The van der Waals surface area contributed by atoms with Gasteiger partial charge in [0.2, 0.25) is 0 Å². The molecule has 0 unspecified atom stereocenters. The lowest BCUT2D eigenvalue weighted by atomic mass is 10.1. The topological polar surface area (TPSA) is 98.0 Å². The van der Waals surface area contributed by atoms with Crippen molar-refractivity contribution in [2.24, 2.45) is 0 Å². The number of methoxy groups -OCH3 is 1. The predicted molar refractivity (Wildman–Crippen MR) is 125 cm³/mol. The molecular weight excluding hydrogens is 536 g/mol. The van der Waals surface area contributed by atoms with Crippen LogP contribution in [0.25, 0.3) is 16.6 Å². The SMILES string of the molecule is COc1ccc(-n2c(CC(=O)O)c(C(=O)O)c3cc(Oc4cc(C(F)(F)F)cc(C(F)(F)F)c4)ccc32)cc1. The van der Waals surface area contributed by atoms with Crippen LogP contribution in [0.5, 0.6) is 17.2 Å². The number of aromatic nitrogens is 1. The standard InChI is InChI=1S/C26H17F6NO6/c1-38-16-4-2-15(3-5-16)33-20-7-6-17(11-19(20)23(24(36)37)21(33)12-22(34)35)39-18-9-13(25(27,28)29)8-14(10-18)26(30,31)32/h2-11H,12H2,1H3,(H,34,35)(H,36,37). The fourth-order valence-corrected chi connectivity index (χ4v) is 4.08. The second-order valence-corrected chi connectivity index (χ2v) is 8.25. The van der Waals surface area contributed by atoms with Gasteiger partial charge in [-0.3, -0.25) is 4.79 Å². The van der Waals surface area contributed by atoms with Gasteiger partial charge in [-0.05, 0) is 60.7 Å². The first-order chi connectivity index (χ1) is 18.2. The minimum atomic E-state index is -5.10. The first kappa shape index (κ1) is 27.4. The van der Waals surface area contributed by atoms with Crippen molar-refractivity contribution in [1.29, 1.82) is 0 Å². The van der Waals surface area contributed by atoms with Crippen LogP contribution in [0.3, 0.4) is 0 Å². The highest BCUT2D eigenvalue weighted by atomic mass is 19.4. The normalized spacial score (nSPS) is 12.0. The molecule has 39 heavy (non-hydrogen) atoms. The van der Waals surface area contributed by atoms with Crippen LogP contribution in [0.15, 0.2) is 60.7 Å². The number of carbonyl (C=O) groups is 2. The van der Waals surface area contributed by atoms with Crippen LogP contribution in [0, 0.1) is 0 Å². The van der Waals surface area contributed by atoms with E-state index in [4.69, 9.17) is 9.47 Å². The van der Waals surface area contributed by atoms with E-state index in [1.54, 1.807) is 24.3 Å². The van der Waals surface area contributed by atoms with E-state index in [1.165, 1.54) is 23.8 Å². The van der Waals surface area contributed by atoms with Gasteiger partial charge in [0.25, 0.3) is 0 Å². The molecule has 2 N–H and O–H groups in total. The van der Waals surface area contributed by atoms with Gasteiger partial charge in [0.05, 0.1) is 35.7 Å². The zero-order valence-corrected chi connectivity index (χ0v) is 19.7. The Hall–Kier alpha value is -4.68. The molecule has 0 aliphatic heterocycles. The number of hydrogen-bond donors (Lipinski definition) is 2. The number of fused-ring (bicyclic) bond motifs is 1. The highest BCUT2D eigenvalue weighted by molar-refractivity contribution is 6.07. The minimum absolute atomic E-state index is 0.0462. The highest BCUT2D eigenvalue weighted by Gasteiger charge is 2.37. The molecule has 0 aliphatic rings. The Balaban J connectivity index is 1.90. The van der Waals surface area contributed by atoms with E-state index < -0.39 is 53.2 Å². The zero-order valence-electron chi connectivity index (χ0n) is 19.7. The van der Waals surface area contributed by atoms with Crippen LogP contribution in [0.4, 0.5) is 26.3 Å². The molecule has 0 aliphatic carbocycles. The van der Waals surface area contributed by atoms with E-state index >= 15 is 0 Å². The summed E-state index contributed by atoms with van der Waals surface area (Å²) >= 11 is 0. The second kappa shape index (κ2) is 9.89. The largest absolute Gasteiger partial charge is 0.497 e. The Kier molecular flexibility index (Phi) is 6.94. The molecule has 0 atom stereocenters. The van der Waals surface area contributed by atoms with Crippen LogP contribution in [0.1, 0.15) is 27.2 Å². The third kappa shape index (κ3) is 5.61. The Morgan fingerprint density at radius 3 is 1.85 bits per heavy atom. The Morgan fingerprint density at radius 2 is 1.36 bits per heavy atom. The third-order valence-corrected chi connectivity index (χ3v) is 5.70. The summed E-state index contributed by atoms with van der Waals surface area (Å²) in [4.78, 5) is 23.8. The van der Waals surface area contributed by atoms with Crippen molar-refractivity contribution in [3.8, 4) is 22.9 Å². The van der Waals surface area contributed by atoms with Gasteiger partial charge in [0.15, 0.2) is 0 Å². The Labute approximate surface area is 215 Å². The van der Waals surface area contributed by atoms with Crippen molar-refractivity contribution in [1.82, 2.24) is 4.57 Å². The van der Waals surface area contributed by atoms with Gasteiger partial charge in [-0.2, -0.15) is 26.3 Å². The number of ether oxygens (including phenoxy) is 2. The molecule has 7 nitrogen and oxygen atoms in total.